The Morgan fingerprint density at radius 2 is 1.84 bits per heavy atom. The summed E-state index contributed by atoms with van der Waals surface area (Å²) in [6, 6.07) is 15.3. The molecule has 2 unspecified atom stereocenters. The molecule has 0 spiro atoms. The number of hydrogen-bond acceptors (Lipinski definition) is 3. The topological polar surface area (TPSA) is 70.0 Å². The summed E-state index contributed by atoms with van der Waals surface area (Å²) in [5, 5.41) is 18.8. The van der Waals surface area contributed by atoms with Crippen molar-refractivity contribution in [1.82, 2.24) is 0 Å². The average Bonchev–Trinajstić information content (AvgIpc) is 3.17. The summed E-state index contributed by atoms with van der Waals surface area (Å²) in [5.41, 5.74) is 9.21. The van der Waals surface area contributed by atoms with Crippen LogP contribution in [0.5, 0.6) is 5.75 Å². The second kappa shape index (κ2) is 4.42. The van der Waals surface area contributed by atoms with Crippen molar-refractivity contribution in [2.75, 3.05) is 0 Å². The molecule has 3 rings (SSSR count). The molecule has 0 aliphatic heterocycles. The summed E-state index contributed by atoms with van der Waals surface area (Å²) in [6.07, 6.45) is 1.05. The molecule has 2 aromatic rings. The lowest BCUT2D eigenvalue weighted by atomic mass is 10.00. The van der Waals surface area contributed by atoms with Crippen LogP contribution in [-0.2, 0) is 0 Å². The smallest absolute Gasteiger partial charge is 0.123 e. The van der Waals surface area contributed by atoms with E-state index in [2.05, 4.69) is 6.07 Å². The van der Waals surface area contributed by atoms with Crippen LogP contribution < -0.4 is 5.73 Å². The summed E-state index contributed by atoms with van der Waals surface area (Å²) < 4.78 is 0. The Morgan fingerprint density at radius 3 is 2.42 bits per heavy atom. The molecule has 1 saturated carbocycles. The zero-order valence-electron chi connectivity index (χ0n) is 10.4. The Hall–Kier alpha value is -2.31. The minimum Gasteiger partial charge on any atom is -0.507 e. The van der Waals surface area contributed by atoms with Gasteiger partial charge in [0.2, 0.25) is 0 Å². The molecule has 3 heteroatoms. The summed E-state index contributed by atoms with van der Waals surface area (Å²) in [7, 11) is 0. The Labute approximate surface area is 111 Å². The van der Waals surface area contributed by atoms with Crippen LogP contribution in [0.1, 0.15) is 23.5 Å². The lowest BCUT2D eigenvalue weighted by Crippen LogP contribution is -2.00. The van der Waals surface area contributed by atoms with E-state index in [0.29, 0.717) is 23.1 Å². The third-order valence-corrected chi connectivity index (χ3v) is 3.62. The SMILES string of the molecule is N#Cc1ccc(O)c(-c2ccc(C3CC3N)cc2)c1. The van der Waals surface area contributed by atoms with Crippen molar-refractivity contribution in [2.24, 2.45) is 5.73 Å². The van der Waals surface area contributed by atoms with Crippen LogP contribution in [0.15, 0.2) is 42.5 Å². The number of nitrogens with zero attached hydrogens (tertiary/aromatic N) is 1. The fourth-order valence-electron chi connectivity index (χ4n) is 2.34. The van der Waals surface area contributed by atoms with Gasteiger partial charge in [0.25, 0.3) is 0 Å². The lowest BCUT2D eigenvalue weighted by molar-refractivity contribution is 0.477. The Kier molecular flexibility index (Phi) is 2.73. The molecule has 2 aromatic carbocycles. The van der Waals surface area contributed by atoms with Gasteiger partial charge in [0.1, 0.15) is 5.75 Å². The first-order valence-electron chi connectivity index (χ1n) is 6.28. The van der Waals surface area contributed by atoms with Crippen LogP contribution in [-0.4, -0.2) is 11.1 Å². The minimum absolute atomic E-state index is 0.190. The molecule has 19 heavy (non-hydrogen) atoms. The molecule has 0 radical (unpaired) electrons. The molecule has 0 amide bonds. The highest BCUT2D eigenvalue weighted by atomic mass is 16.3. The molecule has 94 valence electrons. The molecule has 0 bridgehead atoms. The number of aromatic hydroxyl groups is 1. The molecule has 3 N–H and O–H groups in total. The second-order valence-electron chi connectivity index (χ2n) is 4.97. The molecule has 1 fully saturated rings. The van der Waals surface area contributed by atoms with Gasteiger partial charge in [0, 0.05) is 17.5 Å². The lowest BCUT2D eigenvalue weighted by Gasteiger charge is -2.06. The molecule has 1 aliphatic carbocycles. The molecule has 0 saturated heterocycles. The molecule has 1 aliphatic rings. The van der Waals surface area contributed by atoms with Gasteiger partial charge in [-0.2, -0.15) is 5.26 Å². The zero-order valence-corrected chi connectivity index (χ0v) is 10.4. The largest absolute Gasteiger partial charge is 0.507 e. The highest BCUT2D eigenvalue weighted by Crippen LogP contribution is 2.40. The van der Waals surface area contributed by atoms with E-state index < -0.39 is 0 Å². The third-order valence-electron chi connectivity index (χ3n) is 3.62. The number of nitriles is 1. The number of phenolic OH excluding ortho intramolecular Hbond substituents is 1. The van der Waals surface area contributed by atoms with Crippen molar-refractivity contribution >= 4 is 0 Å². The van der Waals surface area contributed by atoms with Crippen LogP contribution in [0.2, 0.25) is 0 Å². The first kappa shape index (κ1) is 11.8. The summed E-state index contributed by atoms with van der Waals surface area (Å²) in [4.78, 5) is 0. The Balaban J connectivity index is 1.96. The molecular weight excluding hydrogens is 236 g/mol. The van der Waals surface area contributed by atoms with E-state index in [1.165, 1.54) is 5.56 Å². The van der Waals surface area contributed by atoms with Gasteiger partial charge >= 0.3 is 0 Å². The van der Waals surface area contributed by atoms with Crippen molar-refractivity contribution in [2.45, 2.75) is 18.4 Å². The monoisotopic (exact) mass is 250 g/mol. The van der Waals surface area contributed by atoms with E-state index >= 15 is 0 Å². The van der Waals surface area contributed by atoms with Crippen LogP contribution in [0, 0.1) is 11.3 Å². The van der Waals surface area contributed by atoms with Crippen molar-refractivity contribution in [3.63, 3.8) is 0 Å². The maximum absolute atomic E-state index is 9.89. The van der Waals surface area contributed by atoms with Crippen LogP contribution >= 0.6 is 0 Å². The molecule has 0 heterocycles. The van der Waals surface area contributed by atoms with Gasteiger partial charge in [0.05, 0.1) is 11.6 Å². The van der Waals surface area contributed by atoms with Crippen molar-refractivity contribution in [3.05, 3.63) is 53.6 Å². The van der Waals surface area contributed by atoms with Gasteiger partial charge < -0.3 is 10.8 Å². The molecule has 2 atom stereocenters. The number of rotatable bonds is 2. The maximum atomic E-state index is 9.89. The van der Waals surface area contributed by atoms with Gasteiger partial charge in [-0.1, -0.05) is 24.3 Å². The van der Waals surface area contributed by atoms with Gasteiger partial charge in [-0.25, -0.2) is 0 Å². The maximum Gasteiger partial charge on any atom is 0.123 e. The van der Waals surface area contributed by atoms with E-state index in [9.17, 15) is 5.11 Å². The van der Waals surface area contributed by atoms with E-state index in [1.54, 1.807) is 18.2 Å². The molecule has 3 nitrogen and oxygen atoms in total. The molecule has 0 aromatic heterocycles. The van der Waals surface area contributed by atoms with Crippen LogP contribution in [0.4, 0.5) is 0 Å². The summed E-state index contributed by atoms with van der Waals surface area (Å²) in [5.74, 6) is 0.669. The number of hydrogen-bond donors (Lipinski definition) is 2. The Morgan fingerprint density at radius 1 is 1.16 bits per heavy atom. The first-order chi connectivity index (χ1) is 9.19. The van der Waals surface area contributed by atoms with E-state index in [1.807, 2.05) is 24.3 Å². The van der Waals surface area contributed by atoms with Gasteiger partial charge in [-0.05, 0) is 35.7 Å². The van der Waals surface area contributed by atoms with Gasteiger partial charge in [-0.15, -0.1) is 0 Å². The fraction of sp³-hybridized carbons (Fsp3) is 0.188. The second-order valence-corrected chi connectivity index (χ2v) is 4.97. The predicted molar refractivity (Wildman–Crippen MR) is 73.6 cm³/mol. The minimum atomic E-state index is 0.190. The average molecular weight is 250 g/mol. The zero-order chi connectivity index (χ0) is 13.4. The number of nitrogens with two attached hydrogens (primary N) is 1. The standard InChI is InChI=1S/C16H14N2O/c17-9-10-1-6-16(19)14(7-10)12-4-2-11(3-5-12)13-8-15(13)18/h1-7,13,15,19H,8,18H2. The predicted octanol–water partition coefficient (Wildman–Crippen LogP) is 2.75. The highest BCUT2D eigenvalue weighted by molar-refractivity contribution is 5.71. The Bertz CT molecular complexity index is 655. The van der Waals surface area contributed by atoms with E-state index in [0.717, 1.165) is 12.0 Å². The van der Waals surface area contributed by atoms with Crippen LogP contribution in [0.25, 0.3) is 11.1 Å². The fourth-order valence-corrected chi connectivity index (χ4v) is 2.34. The van der Waals surface area contributed by atoms with Crippen LogP contribution in [0.3, 0.4) is 0 Å². The van der Waals surface area contributed by atoms with Gasteiger partial charge in [-0.3, -0.25) is 0 Å². The summed E-state index contributed by atoms with van der Waals surface area (Å²) >= 11 is 0. The van der Waals surface area contributed by atoms with E-state index in [4.69, 9.17) is 11.0 Å². The normalized spacial score (nSPS) is 20.8. The number of phenols is 1. The molecular formula is C16H14N2O. The van der Waals surface area contributed by atoms with E-state index in [-0.39, 0.29) is 5.75 Å². The number of benzene rings is 2. The summed E-state index contributed by atoms with van der Waals surface area (Å²) in [6.45, 7) is 0. The van der Waals surface area contributed by atoms with Crippen molar-refractivity contribution in [1.29, 1.82) is 5.26 Å². The first-order valence-corrected chi connectivity index (χ1v) is 6.28. The van der Waals surface area contributed by atoms with Crippen molar-refractivity contribution in [3.8, 4) is 22.9 Å². The highest BCUT2D eigenvalue weighted by Gasteiger charge is 2.34. The third kappa shape index (κ3) is 2.18. The van der Waals surface area contributed by atoms with Gasteiger partial charge in [0.15, 0.2) is 0 Å². The quantitative estimate of drug-likeness (QED) is 0.861. The van der Waals surface area contributed by atoms with Crippen molar-refractivity contribution < 1.29 is 5.11 Å².